The first-order valence-electron chi connectivity index (χ1n) is 8.81. The lowest BCUT2D eigenvalue weighted by molar-refractivity contribution is -0.140. The Morgan fingerprint density at radius 3 is 2.50 bits per heavy atom. The third-order valence-electron chi connectivity index (χ3n) is 4.13. The lowest BCUT2D eigenvalue weighted by atomic mass is 10.0. The number of amides is 1. The summed E-state index contributed by atoms with van der Waals surface area (Å²) in [4.78, 5) is 23.3. The van der Waals surface area contributed by atoms with Gasteiger partial charge in [0.2, 0.25) is 0 Å². The lowest BCUT2D eigenvalue weighted by Gasteiger charge is -2.09. The minimum Gasteiger partial charge on any atom is -0.507 e. The largest absolute Gasteiger partial charge is 0.507 e. The van der Waals surface area contributed by atoms with Gasteiger partial charge < -0.3 is 15.2 Å². The number of unbranched alkanes of at least 4 members (excludes halogenated alkanes) is 2. The molecule has 138 valence electrons. The molecular formula is C21H25NO4. The smallest absolute Gasteiger partial charge is 0.305 e. The summed E-state index contributed by atoms with van der Waals surface area (Å²) in [6.45, 7) is 0.502. The van der Waals surface area contributed by atoms with E-state index in [0.29, 0.717) is 19.4 Å². The molecule has 0 heterocycles. The molecule has 1 amide bonds. The van der Waals surface area contributed by atoms with Gasteiger partial charge in [-0.15, -0.1) is 0 Å². The van der Waals surface area contributed by atoms with Gasteiger partial charge in [0.05, 0.1) is 12.7 Å². The van der Waals surface area contributed by atoms with E-state index in [2.05, 4.69) is 10.1 Å². The number of rotatable bonds is 9. The highest BCUT2D eigenvalue weighted by Crippen LogP contribution is 2.20. The zero-order chi connectivity index (χ0) is 18.8. The number of phenols is 1. The van der Waals surface area contributed by atoms with Crippen LogP contribution in [0.3, 0.4) is 0 Å². The monoisotopic (exact) mass is 355 g/mol. The molecule has 2 rings (SSSR count). The maximum Gasteiger partial charge on any atom is 0.305 e. The van der Waals surface area contributed by atoms with Crippen LogP contribution in [0, 0.1) is 0 Å². The molecule has 0 saturated carbocycles. The minimum atomic E-state index is -0.287. The number of ether oxygens (including phenoxy) is 1. The second kappa shape index (κ2) is 10.2. The van der Waals surface area contributed by atoms with Crippen molar-refractivity contribution >= 4 is 11.9 Å². The van der Waals surface area contributed by atoms with E-state index in [1.165, 1.54) is 7.11 Å². The predicted molar refractivity (Wildman–Crippen MR) is 100 cm³/mol. The van der Waals surface area contributed by atoms with E-state index in [4.69, 9.17) is 0 Å². The van der Waals surface area contributed by atoms with Gasteiger partial charge in [-0.1, -0.05) is 42.8 Å². The van der Waals surface area contributed by atoms with Gasteiger partial charge in [-0.3, -0.25) is 9.59 Å². The van der Waals surface area contributed by atoms with Crippen molar-refractivity contribution in [2.24, 2.45) is 0 Å². The van der Waals surface area contributed by atoms with Gasteiger partial charge in [-0.05, 0) is 42.5 Å². The van der Waals surface area contributed by atoms with E-state index < -0.39 is 0 Å². The minimum absolute atomic E-state index is 0.0231. The summed E-state index contributed by atoms with van der Waals surface area (Å²) in [7, 11) is 1.38. The first kappa shape index (κ1) is 19.5. The van der Waals surface area contributed by atoms with E-state index in [-0.39, 0.29) is 23.2 Å². The summed E-state index contributed by atoms with van der Waals surface area (Å²) in [5, 5.41) is 12.8. The van der Waals surface area contributed by atoms with Crippen molar-refractivity contribution in [3.8, 4) is 5.75 Å². The average molecular weight is 355 g/mol. The molecule has 0 bridgehead atoms. The number of phenolic OH excluding ortho intramolecular Hbond substituents is 1. The van der Waals surface area contributed by atoms with Crippen LogP contribution in [0.4, 0.5) is 0 Å². The van der Waals surface area contributed by atoms with Gasteiger partial charge >= 0.3 is 5.97 Å². The van der Waals surface area contributed by atoms with E-state index in [1.807, 2.05) is 36.4 Å². The zero-order valence-corrected chi connectivity index (χ0v) is 15.0. The number of benzene rings is 2. The Bertz CT molecular complexity index is 728. The molecule has 0 aliphatic heterocycles. The van der Waals surface area contributed by atoms with E-state index in [0.717, 1.165) is 30.4 Å². The molecular weight excluding hydrogens is 330 g/mol. The molecule has 0 aliphatic rings. The van der Waals surface area contributed by atoms with Gasteiger partial charge in [0, 0.05) is 13.0 Å². The molecule has 0 unspecified atom stereocenters. The lowest BCUT2D eigenvalue weighted by Crippen LogP contribution is -2.24. The summed E-state index contributed by atoms with van der Waals surface area (Å²) in [5.74, 6) is -0.524. The van der Waals surface area contributed by atoms with Crippen LogP contribution in [0.5, 0.6) is 5.75 Å². The van der Waals surface area contributed by atoms with E-state index in [1.54, 1.807) is 12.1 Å². The molecule has 0 fully saturated rings. The molecule has 2 aromatic rings. The Balaban J connectivity index is 1.84. The SMILES string of the molecule is COC(=O)CCCCCNC(=O)c1cc(Cc2ccccc2)ccc1O. The number of carbonyl (C=O) groups is 2. The normalized spacial score (nSPS) is 10.3. The molecule has 0 saturated heterocycles. The van der Waals surface area contributed by atoms with Crippen LogP contribution in [0.1, 0.15) is 47.2 Å². The third kappa shape index (κ3) is 6.24. The quantitative estimate of drug-likeness (QED) is 0.534. The summed E-state index contributed by atoms with van der Waals surface area (Å²) < 4.78 is 4.58. The van der Waals surface area contributed by atoms with Crippen LogP contribution in [-0.2, 0) is 16.0 Å². The fourth-order valence-corrected chi connectivity index (χ4v) is 2.68. The van der Waals surface area contributed by atoms with Crippen LogP contribution in [-0.4, -0.2) is 30.6 Å². The van der Waals surface area contributed by atoms with E-state index in [9.17, 15) is 14.7 Å². The van der Waals surface area contributed by atoms with Gasteiger partial charge in [0.1, 0.15) is 5.75 Å². The maximum absolute atomic E-state index is 12.3. The molecule has 0 spiro atoms. The Kier molecular flexibility index (Phi) is 7.68. The fourth-order valence-electron chi connectivity index (χ4n) is 2.68. The fraction of sp³-hybridized carbons (Fsp3) is 0.333. The van der Waals surface area contributed by atoms with Crippen molar-refractivity contribution in [2.75, 3.05) is 13.7 Å². The number of hydrogen-bond acceptors (Lipinski definition) is 4. The summed E-state index contributed by atoms with van der Waals surface area (Å²) >= 11 is 0. The second-order valence-electron chi connectivity index (χ2n) is 6.16. The van der Waals surface area contributed by atoms with Crippen molar-refractivity contribution in [1.82, 2.24) is 5.32 Å². The van der Waals surface area contributed by atoms with Crippen molar-refractivity contribution in [3.05, 3.63) is 65.2 Å². The number of esters is 1. The first-order chi connectivity index (χ1) is 12.6. The number of nitrogens with one attached hydrogen (secondary N) is 1. The van der Waals surface area contributed by atoms with Crippen molar-refractivity contribution in [3.63, 3.8) is 0 Å². The van der Waals surface area contributed by atoms with Gasteiger partial charge in [0.15, 0.2) is 0 Å². The van der Waals surface area contributed by atoms with Gasteiger partial charge in [-0.2, -0.15) is 0 Å². The Labute approximate surface area is 154 Å². The number of hydrogen-bond donors (Lipinski definition) is 2. The van der Waals surface area contributed by atoms with Crippen LogP contribution in [0.15, 0.2) is 48.5 Å². The topological polar surface area (TPSA) is 75.6 Å². The van der Waals surface area contributed by atoms with Crippen molar-refractivity contribution in [1.29, 1.82) is 0 Å². The second-order valence-corrected chi connectivity index (χ2v) is 6.16. The van der Waals surface area contributed by atoms with Crippen molar-refractivity contribution < 1.29 is 19.4 Å². The molecule has 2 aromatic carbocycles. The van der Waals surface area contributed by atoms with Crippen LogP contribution >= 0.6 is 0 Å². The number of carbonyl (C=O) groups excluding carboxylic acids is 2. The number of aromatic hydroxyl groups is 1. The highest BCUT2D eigenvalue weighted by molar-refractivity contribution is 5.97. The molecule has 5 nitrogen and oxygen atoms in total. The van der Waals surface area contributed by atoms with E-state index >= 15 is 0 Å². The first-order valence-corrected chi connectivity index (χ1v) is 8.81. The molecule has 0 radical (unpaired) electrons. The van der Waals surface area contributed by atoms with Gasteiger partial charge in [-0.25, -0.2) is 0 Å². The molecule has 0 aromatic heterocycles. The van der Waals surface area contributed by atoms with Crippen LogP contribution in [0.2, 0.25) is 0 Å². The predicted octanol–water partition coefficient (Wildman–Crippen LogP) is 3.45. The van der Waals surface area contributed by atoms with Gasteiger partial charge in [0.25, 0.3) is 5.91 Å². The highest BCUT2D eigenvalue weighted by Gasteiger charge is 2.12. The summed E-state index contributed by atoms with van der Waals surface area (Å²) in [6, 6.07) is 15.1. The molecule has 0 atom stereocenters. The third-order valence-corrected chi connectivity index (χ3v) is 4.13. The Morgan fingerprint density at radius 2 is 1.77 bits per heavy atom. The molecule has 0 aliphatic carbocycles. The average Bonchev–Trinajstić information content (AvgIpc) is 2.66. The standard InChI is InChI=1S/C21H25NO4/c1-26-20(24)10-6-3-7-13-22-21(25)18-15-17(11-12-19(18)23)14-16-8-4-2-5-9-16/h2,4-5,8-9,11-12,15,23H,3,6-7,10,13-14H2,1H3,(H,22,25). The Hall–Kier alpha value is -2.82. The van der Waals surface area contributed by atoms with Crippen LogP contribution in [0.25, 0.3) is 0 Å². The highest BCUT2D eigenvalue weighted by atomic mass is 16.5. The van der Waals surface area contributed by atoms with Crippen molar-refractivity contribution in [2.45, 2.75) is 32.1 Å². The zero-order valence-electron chi connectivity index (χ0n) is 15.0. The van der Waals surface area contributed by atoms with Crippen LogP contribution < -0.4 is 5.32 Å². The summed E-state index contributed by atoms with van der Waals surface area (Å²) in [6.07, 6.45) is 3.44. The maximum atomic E-state index is 12.3. The Morgan fingerprint density at radius 1 is 1.00 bits per heavy atom. The summed E-state index contributed by atoms with van der Waals surface area (Å²) in [5.41, 5.74) is 2.40. The molecule has 2 N–H and O–H groups in total. The molecule has 5 heteroatoms. The number of methoxy groups -OCH3 is 1. The molecule has 26 heavy (non-hydrogen) atoms.